The van der Waals surface area contributed by atoms with Gasteiger partial charge in [0.1, 0.15) is 5.60 Å². The van der Waals surface area contributed by atoms with Crippen LogP contribution in [-0.4, -0.2) is 22.5 Å². The molecule has 0 bridgehead atoms. The molecule has 37 heavy (non-hydrogen) atoms. The van der Waals surface area contributed by atoms with Crippen LogP contribution in [0.1, 0.15) is 70.8 Å². The molecule has 0 aliphatic carbocycles. The molecule has 1 unspecified atom stereocenters. The van der Waals surface area contributed by atoms with Crippen molar-refractivity contribution in [3.8, 4) is 0 Å². The van der Waals surface area contributed by atoms with E-state index in [9.17, 15) is 9.59 Å². The molecule has 4 aromatic rings. The Morgan fingerprint density at radius 2 is 1.81 bits per heavy atom. The molecule has 2 heterocycles. The Morgan fingerprint density at radius 1 is 1.03 bits per heavy atom. The number of H-pyrrole nitrogens is 1. The van der Waals surface area contributed by atoms with Gasteiger partial charge < -0.3 is 15.0 Å². The number of rotatable bonds is 8. The van der Waals surface area contributed by atoms with Crippen LogP contribution in [0.2, 0.25) is 0 Å². The minimum Gasteiger partial charge on any atom is -0.460 e. The summed E-state index contributed by atoms with van der Waals surface area (Å²) < 4.78 is 5.45. The summed E-state index contributed by atoms with van der Waals surface area (Å²) in [6.45, 7) is 11.9. The number of esters is 1. The Hall–Kier alpha value is -3.38. The summed E-state index contributed by atoms with van der Waals surface area (Å²) in [5.74, 6) is -0.236. The van der Waals surface area contributed by atoms with Crippen molar-refractivity contribution in [2.24, 2.45) is 0 Å². The van der Waals surface area contributed by atoms with E-state index in [2.05, 4.69) is 67.5 Å². The van der Waals surface area contributed by atoms with Gasteiger partial charge in [0.2, 0.25) is 5.91 Å². The third kappa shape index (κ3) is 6.89. The summed E-state index contributed by atoms with van der Waals surface area (Å²) >= 11 is 1.71. The Bertz CT molecular complexity index is 1420. The van der Waals surface area contributed by atoms with Crippen LogP contribution in [0.25, 0.3) is 10.9 Å². The highest BCUT2D eigenvalue weighted by Gasteiger charge is 2.21. The van der Waals surface area contributed by atoms with E-state index >= 15 is 0 Å². The fourth-order valence-corrected chi connectivity index (χ4v) is 5.58. The minimum absolute atomic E-state index is 0.0266. The quantitative estimate of drug-likeness (QED) is 0.251. The maximum atomic E-state index is 13.3. The number of aryl methyl sites for hydroxylation is 4. The van der Waals surface area contributed by atoms with Crippen LogP contribution >= 0.6 is 11.3 Å². The first-order valence-corrected chi connectivity index (χ1v) is 13.5. The molecule has 0 aliphatic heterocycles. The second kappa shape index (κ2) is 10.9. The lowest BCUT2D eigenvalue weighted by molar-refractivity contribution is -0.154. The van der Waals surface area contributed by atoms with E-state index in [0.717, 1.165) is 32.5 Å². The van der Waals surface area contributed by atoms with Crippen LogP contribution in [0, 0.1) is 20.8 Å². The van der Waals surface area contributed by atoms with Gasteiger partial charge in [0.25, 0.3) is 0 Å². The van der Waals surface area contributed by atoms with Crippen LogP contribution in [0.5, 0.6) is 0 Å². The SMILES string of the molecule is Cc1ccc(C(NC(=O)Cc2ccc3[nH]cc(CCC(=O)OC(C)(C)C)c3c2)c2ccc(C)s2)c(C)c1. The summed E-state index contributed by atoms with van der Waals surface area (Å²) in [7, 11) is 0. The van der Waals surface area contributed by atoms with Gasteiger partial charge in [0.05, 0.1) is 12.5 Å². The Kier molecular flexibility index (Phi) is 7.88. The van der Waals surface area contributed by atoms with Crippen molar-refractivity contribution in [3.05, 3.63) is 92.3 Å². The monoisotopic (exact) mass is 516 g/mol. The lowest BCUT2D eigenvalue weighted by Gasteiger charge is -2.21. The van der Waals surface area contributed by atoms with E-state index in [1.807, 2.05) is 39.1 Å². The van der Waals surface area contributed by atoms with Gasteiger partial charge in [-0.15, -0.1) is 11.3 Å². The van der Waals surface area contributed by atoms with Crippen molar-refractivity contribution in [1.82, 2.24) is 10.3 Å². The standard InChI is InChI=1S/C31H36N2O3S/c1-19-7-11-24(20(2)15-19)30(27-13-8-21(3)37-27)33-28(34)17-22-9-12-26-25(16-22)23(18-32-26)10-14-29(35)36-31(4,5)6/h7-9,11-13,15-16,18,30,32H,10,14,17H2,1-6H3,(H,33,34). The molecule has 0 spiro atoms. The number of thiophene rings is 1. The number of benzene rings is 2. The highest BCUT2D eigenvalue weighted by molar-refractivity contribution is 7.12. The van der Waals surface area contributed by atoms with E-state index in [-0.39, 0.29) is 24.3 Å². The molecule has 5 nitrogen and oxygen atoms in total. The summed E-state index contributed by atoms with van der Waals surface area (Å²) in [6, 6.07) is 16.4. The minimum atomic E-state index is -0.491. The Balaban J connectivity index is 1.50. The molecule has 2 aromatic heterocycles. The van der Waals surface area contributed by atoms with E-state index in [4.69, 9.17) is 4.74 Å². The Morgan fingerprint density at radius 3 is 2.49 bits per heavy atom. The maximum absolute atomic E-state index is 13.3. The molecular weight excluding hydrogens is 480 g/mol. The number of hydrogen-bond acceptors (Lipinski definition) is 4. The number of aromatic nitrogens is 1. The molecule has 4 rings (SSSR count). The normalized spacial score (nSPS) is 12.5. The van der Waals surface area contributed by atoms with Gasteiger partial charge in [-0.1, -0.05) is 29.8 Å². The van der Waals surface area contributed by atoms with Gasteiger partial charge in [-0.25, -0.2) is 0 Å². The molecule has 194 valence electrons. The second-order valence-electron chi connectivity index (χ2n) is 10.8. The fourth-order valence-electron chi connectivity index (χ4n) is 4.63. The number of amides is 1. The zero-order valence-corrected chi connectivity index (χ0v) is 23.3. The van der Waals surface area contributed by atoms with Gasteiger partial charge in [0, 0.05) is 33.3 Å². The predicted molar refractivity (Wildman–Crippen MR) is 151 cm³/mol. The lowest BCUT2D eigenvalue weighted by atomic mass is 9.97. The van der Waals surface area contributed by atoms with E-state index < -0.39 is 5.60 Å². The average Bonchev–Trinajstić information content (AvgIpc) is 3.41. The molecule has 0 fully saturated rings. The number of ether oxygens (including phenoxy) is 1. The van der Waals surface area contributed by atoms with Crippen molar-refractivity contribution in [2.45, 2.75) is 72.4 Å². The first-order valence-electron chi connectivity index (χ1n) is 12.7. The molecular formula is C31H36N2O3S. The van der Waals surface area contributed by atoms with Crippen LogP contribution in [0.15, 0.2) is 54.7 Å². The van der Waals surface area contributed by atoms with Crippen LogP contribution in [0.4, 0.5) is 0 Å². The molecule has 0 radical (unpaired) electrons. The topological polar surface area (TPSA) is 71.2 Å². The van der Waals surface area contributed by atoms with Crippen molar-refractivity contribution in [2.75, 3.05) is 0 Å². The van der Waals surface area contributed by atoms with Gasteiger partial charge in [-0.3, -0.25) is 9.59 Å². The van der Waals surface area contributed by atoms with Crippen molar-refractivity contribution < 1.29 is 14.3 Å². The smallest absolute Gasteiger partial charge is 0.306 e. The molecule has 1 atom stereocenters. The highest BCUT2D eigenvalue weighted by Crippen LogP contribution is 2.31. The van der Waals surface area contributed by atoms with Gasteiger partial charge in [-0.2, -0.15) is 0 Å². The summed E-state index contributed by atoms with van der Waals surface area (Å²) in [6.07, 6.45) is 3.11. The van der Waals surface area contributed by atoms with Crippen molar-refractivity contribution in [1.29, 1.82) is 0 Å². The van der Waals surface area contributed by atoms with Crippen molar-refractivity contribution >= 4 is 34.1 Å². The highest BCUT2D eigenvalue weighted by atomic mass is 32.1. The molecule has 0 saturated carbocycles. The molecule has 2 N–H and O–H groups in total. The molecule has 2 aromatic carbocycles. The zero-order chi connectivity index (χ0) is 26.7. The first kappa shape index (κ1) is 26.7. The largest absolute Gasteiger partial charge is 0.460 e. The third-order valence-electron chi connectivity index (χ3n) is 6.30. The predicted octanol–water partition coefficient (Wildman–Crippen LogP) is 6.88. The van der Waals surface area contributed by atoms with Crippen LogP contribution in [-0.2, 0) is 27.2 Å². The summed E-state index contributed by atoms with van der Waals surface area (Å²) in [4.78, 5) is 31.1. The number of carbonyl (C=O) groups is 2. The van der Waals surface area contributed by atoms with Gasteiger partial charge in [-0.05, 0) is 94.5 Å². The number of hydrogen-bond donors (Lipinski definition) is 2. The summed E-state index contributed by atoms with van der Waals surface area (Å²) in [5, 5.41) is 4.33. The summed E-state index contributed by atoms with van der Waals surface area (Å²) in [5.41, 5.74) is 5.97. The van der Waals surface area contributed by atoms with E-state index in [1.165, 1.54) is 16.0 Å². The van der Waals surface area contributed by atoms with Crippen LogP contribution in [0.3, 0.4) is 0 Å². The number of nitrogens with one attached hydrogen (secondary N) is 2. The maximum Gasteiger partial charge on any atom is 0.306 e. The number of carbonyl (C=O) groups excluding carboxylic acids is 2. The average molecular weight is 517 g/mol. The Labute approximate surface area is 223 Å². The van der Waals surface area contributed by atoms with Gasteiger partial charge in [0.15, 0.2) is 0 Å². The zero-order valence-electron chi connectivity index (χ0n) is 22.5. The lowest BCUT2D eigenvalue weighted by Crippen LogP contribution is -2.30. The van der Waals surface area contributed by atoms with Gasteiger partial charge >= 0.3 is 5.97 Å². The molecule has 0 saturated heterocycles. The molecule has 6 heteroatoms. The van der Waals surface area contributed by atoms with Crippen LogP contribution < -0.4 is 5.32 Å². The fraction of sp³-hybridized carbons (Fsp3) is 0.355. The number of fused-ring (bicyclic) bond motifs is 1. The molecule has 1 amide bonds. The third-order valence-corrected chi connectivity index (χ3v) is 7.37. The first-order chi connectivity index (χ1) is 17.5. The van der Waals surface area contributed by atoms with E-state index in [1.54, 1.807) is 11.3 Å². The molecule has 0 aliphatic rings. The van der Waals surface area contributed by atoms with Crippen molar-refractivity contribution in [3.63, 3.8) is 0 Å². The number of aromatic amines is 1. The van der Waals surface area contributed by atoms with E-state index in [0.29, 0.717) is 12.8 Å². The second-order valence-corrected chi connectivity index (χ2v) is 12.1.